The Morgan fingerprint density at radius 3 is 2.52 bits per heavy atom. The monoisotopic (exact) mass is 382 g/mol. The Kier molecular flexibility index (Phi) is 5.68. The zero-order valence-corrected chi connectivity index (χ0v) is 14.6. The molecule has 148 valence electrons. The van der Waals surface area contributed by atoms with Crippen molar-refractivity contribution in [2.75, 3.05) is 6.61 Å². The van der Waals surface area contributed by atoms with Crippen LogP contribution in [0.3, 0.4) is 0 Å². The highest BCUT2D eigenvalue weighted by Gasteiger charge is 2.44. The van der Waals surface area contributed by atoms with Gasteiger partial charge in [0.05, 0.1) is 6.61 Å². The summed E-state index contributed by atoms with van der Waals surface area (Å²) >= 11 is 0. The molecule has 1 saturated heterocycles. The standard InChI is InChI=1S/C18H22O9/c1-2-3-8-4-10(20)14-11(21)5-9(6-12(14)25-8)26-18-17(24)16(23)15(22)13(7-19)27-18/h4-6,13,15-19,21-24H,2-3,7H2,1H3. The van der Waals surface area contributed by atoms with Gasteiger partial charge in [-0.25, -0.2) is 0 Å². The van der Waals surface area contributed by atoms with Gasteiger partial charge in [-0.1, -0.05) is 6.92 Å². The van der Waals surface area contributed by atoms with Crippen molar-refractivity contribution in [1.29, 1.82) is 0 Å². The van der Waals surface area contributed by atoms with E-state index in [1.54, 1.807) is 0 Å². The lowest BCUT2D eigenvalue weighted by Crippen LogP contribution is -2.60. The van der Waals surface area contributed by atoms with Crippen LogP contribution in [-0.2, 0) is 11.2 Å². The van der Waals surface area contributed by atoms with Gasteiger partial charge in [0.1, 0.15) is 52.6 Å². The van der Waals surface area contributed by atoms with E-state index < -0.39 is 42.7 Å². The first-order valence-corrected chi connectivity index (χ1v) is 8.62. The van der Waals surface area contributed by atoms with E-state index in [0.29, 0.717) is 12.2 Å². The van der Waals surface area contributed by atoms with Crippen molar-refractivity contribution in [1.82, 2.24) is 0 Å². The number of aliphatic hydroxyl groups is 4. The van der Waals surface area contributed by atoms with E-state index in [0.717, 1.165) is 12.5 Å². The number of phenolic OH excluding ortho intramolecular Hbond substituents is 1. The number of fused-ring (bicyclic) bond motifs is 1. The molecule has 0 aliphatic carbocycles. The van der Waals surface area contributed by atoms with Crippen molar-refractivity contribution in [2.45, 2.75) is 50.5 Å². The first-order chi connectivity index (χ1) is 12.8. The fraction of sp³-hybridized carbons (Fsp3) is 0.500. The van der Waals surface area contributed by atoms with Crippen molar-refractivity contribution in [2.24, 2.45) is 0 Å². The highest BCUT2D eigenvalue weighted by atomic mass is 16.7. The van der Waals surface area contributed by atoms with Crippen LogP contribution in [0.2, 0.25) is 0 Å². The predicted molar refractivity (Wildman–Crippen MR) is 92.5 cm³/mol. The second-order valence-electron chi connectivity index (χ2n) is 6.46. The van der Waals surface area contributed by atoms with Crippen molar-refractivity contribution < 1.29 is 39.4 Å². The van der Waals surface area contributed by atoms with E-state index in [4.69, 9.17) is 13.9 Å². The molecule has 1 aliphatic rings. The van der Waals surface area contributed by atoms with Gasteiger partial charge in [0.2, 0.25) is 6.29 Å². The van der Waals surface area contributed by atoms with Crippen LogP contribution in [0.5, 0.6) is 11.5 Å². The van der Waals surface area contributed by atoms with Crippen LogP contribution in [0.4, 0.5) is 0 Å². The Balaban J connectivity index is 1.93. The molecule has 1 aromatic heterocycles. The fourth-order valence-corrected chi connectivity index (χ4v) is 3.03. The summed E-state index contributed by atoms with van der Waals surface area (Å²) in [7, 11) is 0. The topological polar surface area (TPSA) is 150 Å². The molecule has 2 heterocycles. The third-order valence-corrected chi connectivity index (χ3v) is 4.43. The molecule has 9 heteroatoms. The number of hydrogen-bond acceptors (Lipinski definition) is 9. The van der Waals surface area contributed by atoms with Gasteiger partial charge in [0.15, 0.2) is 5.43 Å². The van der Waals surface area contributed by atoms with Gasteiger partial charge in [0.25, 0.3) is 0 Å². The number of phenols is 1. The molecule has 5 atom stereocenters. The molecule has 0 radical (unpaired) electrons. The Hall–Kier alpha value is -2.17. The van der Waals surface area contributed by atoms with Gasteiger partial charge >= 0.3 is 0 Å². The average Bonchev–Trinajstić information content (AvgIpc) is 2.62. The Labute approximate surface area is 154 Å². The molecule has 2 aromatic rings. The minimum Gasteiger partial charge on any atom is -0.507 e. The van der Waals surface area contributed by atoms with E-state index in [1.807, 2.05) is 6.92 Å². The first-order valence-electron chi connectivity index (χ1n) is 8.62. The van der Waals surface area contributed by atoms with Gasteiger partial charge in [-0.3, -0.25) is 4.79 Å². The van der Waals surface area contributed by atoms with Crippen LogP contribution in [0, 0.1) is 0 Å². The Morgan fingerprint density at radius 1 is 1.11 bits per heavy atom. The Bertz CT molecular complexity index is 860. The quantitative estimate of drug-likeness (QED) is 0.467. The van der Waals surface area contributed by atoms with Crippen LogP contribution in [-0.4, -0.2) is 62.8 Å². The Morgan fingerprint density at radius 2 is 1.85 bits per heavy atom. The summed E-state index contributed by atoms with van der Waals surface area (Å²) in [6, 6.07) is 3.83. The molecule has 27 heavy (non-hydrogen) atoms. The molecule has 1 aliphatic heterocycles. The van der Waals surface area contributed by atoms with Crippen molar-refractivity contribution >= 4 is 11.0 Å². The van der Waals surface area contributed by atoms with E-state index >= 15 is 0 Å². The molecule has 5 unspecified atom stereocenters. The summed E-state index contributed by atoms with van der Waals surface area (Å²) in [5.74, 6) is 0.101. The highest BCUT2D eigenvalue weighted by molar-refractivity contribution is 5.84. The molecule has 0 saturated carbocycles. The third kappa shape index (κ3) is 3.78. The van der Waals surface area contributed by atoms with E-state index in [1.165, 1.54) is 12.1 Å². The smallest absolute Gasteiger partial charge is 0.229 e. The van der Waals surface area contributed by atoms with E-state index in [2.05, 4.69) is 0 Å². The second kappa shape index (κ2) is 7.83. The van der Waals surface area contributed by atoms with Crippen LogP contribution < -0.4 is 10.2 Å². The van der Waals surface area contributed by atoms with Gasteiger partial charge in [-0.05, 0) is 6.42 Å². The lowest BCUT2D eigenvalue weighted by molar-refractivity contribution is -0.277. The highest BCUT2D eigenvalue weighted by Crippen LogP contribution is 2.31. The third-order valence-electron chi connectivity index (χ3n) is 4.43. The molecule has 1 fully saturated rings. The molecular formula is C18H22O9. The summed E-state index contributed by atoms with van der Waals surface area (Å²) in [4.78, 5) is 12.2. The predicted octanol–water partition coefficient (Wildman–Crippen LogP) is -0.370. The maximum Gasteiger partial charge on any atom is 0.229 e. The number of benzene rings is 1. The second-order valence-corrected chi connectivity index (χ2v) is 6.46. The van der Waals surface area contributed by atoms with Gasteiger partial charge in [0, 0.05) is 24.6 Å². The number of rotatable bonds is 5. The van der Waals surface area contributed by atoms with E-state index in [-0.39, 0.29) is 22.5 Å². The zero-order valence-electron chi connectivity index (χ0n) is 14.6. The molecule has 1 aromatic carbocycles. The number of aryl methyl sites for hydroxylation is 1. The minimum atomic E-state index is -1.60. The normalized spacial score (nSPS) is 28.4. The average molecular weight is 382 g/mol. The SMILES string of the molecule is CCCc1cc(=O)c2c(O)cc(OC3OC(CO)C(O)C(O)C3O)cc2o1. The lowest BCUT2D eigenvalue weighted by atomic mass is 9.99. The van der Waals surface area contributed by atoms with E-state index in [9.17, 15) is 30.3 Å². The number of aromatic hydroxyl groups is 1. The lowest BCUT2D eigenvalue weighted by Gasteiger charge is -2.39. The van der Waals surface area contributed by atoms with Gasteiger partial charge < -0.3 is 39.4 Å². The summed E-state index contributed by atoms with van der Waals surface area (Å²) < 4.78 is 16.4. The summed E-state index contributed by atoms with van der Waals surface area (Å²) in [6.45, 7) is 1.34. The van der Waals surface area contributed by atoms with Crippen LogP contribution in [0.25, 0.3) is 11.0 Å². The number of aliphatic hydroxyl groups excluding tert-OH is 4. The largest absolute Gasteiger partial charge is 0.507 e. The maximum absolute atomic E-state index is 12.2. The molecule has 5 N–H and O–H groups in total. The maximum atomic E-state index is 12.2. The van der Waals surface area contributed by atoms with Crippen LogP contribution in [0.15, 0.2) is 27.4 Å². The zero-order chi connectivity index (χ0) is 19.7. The first kappa shape index (κ1) is 19.6. The van der Waals surface area contributed by atoms with Crippen LogP contribution in [0.1, 0.15) is 19.1 Å². The van der Waals surface area contributed by atoms with Crippen LogP contribution >= 0.6 is 0 Å². The van der Waals surface area contributed by atoms with Gasteiger partial charge in [-0.2, -0.15) is 0 Å². The summed E-state index contributed by atoms with van der Waals surface area (Å²) in [5.41, 5.74) is -0.290. The molecule has 0 bridgehead atoms. The number of ether oxygens (including phenoxy) is 2. The van der Waals surface area contributed by atoms with Gasteiger partial charge in [-0.15, -0.1) is 0 Å². The summed E-state index contributed by atoms with van der Waals surface area (Å²) in [5, 5.41) is 49.1. The van der Waals surface area contributed by atoms with Crippen molar-refractivity contribution in [3.63, 3.8) is 0 Å². The molecular weight excluding hydrogens is 360 g/mol. The molecule has 0 spiro atoms. The van der Waals surface area contributed by atoms with Crippen molar-refractivity contribution in [3.05, 3.63) is 34.2 Å². The molecule has 0 amide bonds. The minimum absolute atomic E-state index is 0.00370. The molecule has 3 rings (SSSR count). The van der Waals surface area contributed by atoms with Crippen molar-refractivity contribution in [3.8, 4) is 11.5 Å². The fourth-order valence-electron chi connectivity index (χ4n) is 3.03. The summed E-state index contributed by atoms with van der Waals surface area (Å²) in [6.07, 6.45) is -5.93. The number of hydrogen-bond donors (Lipinski definition) is 5. The molecule has 9 nitrogen and oxygen atoms in total.